The summed E-state index contributed by atoms with van der Waals surface area (Å²) < 4.78 is 17.8. The minimum absolute atomic E-state index is 0.324. The number of rotatable bonds is 5. The molecule has 0 fully saturated rings. The van der Waals surface area contributed by atoms with E-state index in [1.807, 2.05) is 0 Å². The molecule has 1 aromatic heterocycles. The molecule has 2 aromatic rings. The second kappa shape index (κ2) is 5.56. The van der Waals surface area contributed by atoms with Crippen LogP contribution in [0.3, 0.4) is 0 Å². The van der Waals surface area contributed by atoms with Crippen LogP contribution in [0.1, 0.15) is 17.4 Å². The van der Waals surface area contributed by atoms with Gasteiger partial charge in [-0.1, -0.05) is 17.3 Å². The lowest BCUT2D eigenvalue weighted by Crippen LogP contribution is -2.20. The first-order valence-corrected chi connectivity index (χ1v) is 5.29. The molecule has 0 bridgehead atoms. The van der Waals surface area contributed by atoms with Crippen LogP contribution in [0.15, 0.2) is 41.1 Å². The Hall–Kier alpha value is -1.72. The van der Waals surface area contributed by atoms with Gasteiger partial charge in [0.25, 0.3) is 0 Å². The molecule has 0 aliphatic carbocycles. The third-order valence-electron chi connectivity index (χ3n) is 2.36. The molecule has 0 saturated carbocycles. The predicted molar refractivity (Wildman–Crippen MR) is 59.6 cm³/mol. The van der Waals surface area contributed by atoms with Gasteiger partial charge in [0.2, 0.25) is 0 Å². The quantitative estimate of drug-likeness (QED) is 0.828. The molecule has 0 aliphatic rings. The number of hydrogen-bond acceptors (Lipinski definition) is 4. The monoisotopic (exact) mass is 236 g/mol. The standard InChI is InChI=1S/C12H13FN2O2/c13-10-3-1-2-9(6-10)12(16)8-14-7-11-4-5-15-17-11/h1-6,12,14,16H,7-8H2. The first-order chi connectivity index (χ1) is 8.25. The summed E-state index contributed by atoms with van der Waals surface area (Å²) in [6, 6.07) is 7.66. The van der Waals surface area contributed by atoms with Crippen LogP contribution in [-0.4, -0.2) is 16.8 Å². The Bertz CT molecular complexity index is 459. The van der Waals surface area contributed by atoms with E-state index in [0.717, 1.165) is 0 Å². The van der Waals surface area contributed by atoms with Gasteiger partial charge in [0.15, 0.2) is 0 Å². The normalized spacial score (nSPS) is 12.6. The van der Waals surface area contributed by atoms with Crippen molar-refractivity contribution in [3.05, 3.63) is 53.7 Å². The van der Waals surface area contributed by atoms with Crippen LogP contribution >= 0.6 is 0 Å². The van der Waals surface area contributed by atoms with Crippen molar-refractivity contribution in [3.8, 4) is 0 Å². The number of aliphatic hydroxyl groups excluding tert-OH is 1. The summed E-state index contributed by atoms with van der Waals surface area (Å²) in [5.74, 6) is 0.341. The Kier molecular flexibility index (Phi) is 3.85. The third kappa shape index (κ3) is 3.37. The van der Waals surface area contributed by atoms with E-state index < -0.39 is 6.10 Å². The second-order valence-corrected chi connectivity index (χ2v) is 3.68. The molecule has 1 unspecified atom stereocenters. The fourth-order valence-electron chi connectivity index (χ4n) is 1.50. The second-order valence-electron chi connectivity index (χ2n) is 3.68. The van der Waals surface area contributed by atoms with Crippen LogP contribution in [0.5, 0.6) is 0 Å². The summed E-state index contributed by atoms with van der Waals surface area (Å²) in [5, 5.41) is 16.4. The summed E-state index contributed by atoms with van der Waals surface area (Å²) >= 11 is 0. The molecular formula is C12H13FN2O2. The summed E-state index contributed by atoms with van der Waals surface area (Å²) in [6.07, 6.45) is 0.814. The Labute approximate surface area is 98.1 Å². The first kappa shape index (κ1) is 11.8. The van der Waals surface area contributed by atoms with Crippen LogP contribution < -0.4 is 5.32 Å². The van der Waals surface area contributed by atoms with E-state index >= 15 is 0 Å². The van der Waals surface area contributed by atoms with Gasteiger partial charge in [0.05, 0.1) is 18.8 Å². The highest BCUT2D eigenvalue weighted by Crippen LogP contribution is 2.13. The lowest BCUT2D eigenvalue weighted by molar-refractivity contribution is 0.172. The maximum Gasteiger partial charge on any atom is 0.150 e. The number of aromatic nitrogens is 1. The SMILES string of the molecule is OC(CNCc1ccno1)c1cccc(F)c1. The molecule has 5 heteroatoms. The van der Waals surface area contributed by atoms with E-state index in [9.17, 15) is 9.50 Å². The van der Waals surface area contributed by atoms with Crippen LogP contribution in [0, 0.1) is 5.82 Å². The van der Waals surface area contributed by atoms with Crippen molar-refractivity contribution in [1.29, 1.82) is 0 Å². The van der Waals surface area contributed by atoms with Crippen molar-refractivity contribution < 1.29 is 14.0 Å². The molecule has 90 valence electrons. The Morgan fingerprint density at radius 2 is 2.29 bits per heavy atom. The van der Waals surface area contributed by atoms with Crippen molar-refractivity contribution in [2.75, 3.05) is 6.54 Å². The molecule has 2 N–H and O–H groups in total. The zero-order valence-corrected chi connectivity index (χ0v) is 9.14. The van der Waals surface area contributed by atoms with E-state index in [-0.39, 0.29) is 5.82 Å². The van der Waals surface area contributed by atoms with Gasteiger partial charge in [-0.05, 0) is 17.7 Å². The van der Waals surface area contributed by atoms with Crippen LogP contribution in [0.25, 0.3) is 0 Å². The molecule has 0 spiro atoms. The summed E-state index contributed by atoms with van der Waals surface area (Å²) in [6.45, 7) is 0.802. The zero-order chi connectivity index (χ0) is 12.1. The van der Waals surface area contributed by atoms with Gasteiger partial charge >= 0.3 is 0 Å². The van der Waals surface area contributed by atoms with Crippen molar-refractivity contribution in [2.45, 2.75) is 12.6 Å². The minimum Gasteiger partial charge on any atom is -0.387 e. The van der Waals surface area contributed by atoms with E-state index in [1.54, 1.807) is 24.4 Å². The molecular weight excluding hydrogens is 223 g/mol. The average molecular weight is 236 g/mol. The van der Waals surface area contributed by atoms with E-state index in [0.29, 0.717) is 24.4 Å². The smallest absolute Gasteiger partial charge is 0.150 e. The summed E-state index contributed by atoms with van der Waals surface area (Å²) in [5.41, 5.74) is 0.551. The predicted octanol–water partition coefficient (Wildman–Crippen LogP) is 1.64. The number of nitrogens with one attached hydrogen (secondary N) is 1. The molecule has 0 amide bonds. The van der Waals surface area contributed by atoms with Gasteiger partial charge in [0, 0.05) is 12.6 Å². The summed E-state index contributed by atoms with van der Waals surface area (Å²) in [4.78, 5) is 0. The number of benzene rings is 1. The fraction of sp³-hybridized carbons (Fsp3) is 0.250. The molecule has 0 radical (unpaired) electrons. The molecule has 0 aliphatic heterocycles. The van der Waals surface area contributed by atoms with Gasteiger partial charge in [-0.15, -0.1) is 0 Å². The van der Waals surface area contributed by atoms with E-state index in [4.69, 9.17) is 4.52 Å². The topological polar surface area (TPSA) is 58.3 Å². The molecule has 1 atom stereocenters. The Balaban J connectivity index is 1.83. The van der Waals surface area contributed by atoms with Gasteiger partial charge in [0.1, 0.15) is 11.6 Å². The van der Waals surface area contributed by atoms with Crippen molar-refractivity contribution in [1.82, 2.24) is 10.5 Å². The van der Waals surface area contributed by atoms with Crippen molar-refractivity contribution >= 4 is 0 Å². The largest absolute Gasteiger partial charge is 0.387 e. The van der Waals surface area contributed by atoms with E-state index in [2.05, 4.69) is 10.5 Å². The first-order valence-electron chi connectivity index (χ1n) is 5.29. The lowest BCUT2D eigenvalue weighted by Gasteiger charge is -2.11. The molecule has 4 nitrogen and oxygen atoms in total. The van der Waals surface area contributed by atoms with E-state index in [1.165, 1.54) is 12.1 Å². The van der Waals surface area contributed by atoms with Crippen LogP contribution in [-0.2, 0) is 6.54 Å². The summed E-state index contributed by atoms with van der Waals surface area (Å²) in [7, 11) is 0. The Morgan fingerprint density at radius 3 is 3.00 bits per heavy atom. The number of nitrogens with zero attached hydrogens (tertiary/aromatic N) is 1. The molecule has 2 rings (SSSR count). The van der Waals surface area contributed by atoms with Gasteiger partial charge < -0.3 is 14.9 Å². The molecule has 1 heterocycles. The minimum atomic E-state index is -0.742. The van der Waals surface area contributed by atoms with Crippen LogP contribution in [0.2, 0.25) is 0 Å². The van der Waals surface area contributed by atoms with Crippen molar-refractivity contribution in [3.63, 3.8) is 0 Å². The average Bonchev–Trinajstić information content (AvgIpc) is 2.82. The molecule has 1 aromatic carbocycles. The highest BCUT2D eigenvalue weighted by atomic mass is 19.1. The van der Waals surface area contributed by atoms with Gasteiger partial charge in [-0.25, -0.2) is 4.39 Å². The fourth-order valence-corrected chi connectivity index (χ4v) is 1.50. The molecule has 0 saturated heterocycles. The molecule has 17 heavy (non-hydrogen) atoms. The third-order valence-corrected chi connectivity index (χ3v) is 2.36. The highest BCUT2D eigenvalue weighted by molar-refractivity contribution is 5.18. The lowest BCUT2D eigenvalue weighted by atomic mass is 10.1. The number of aliphatic hydroxyl groups is 1. The number of halogens is 1. The van der Waals surface area contributed by atoms with Crippen LogP contribution in [0.4, 0.5) is 4.39 Å². The Morgan fingerprint density at radius 1 is 1.41 bits per heavy atom. The number of hydrogen-bond donors (Lipinski definition) is 2. The van der Waals surface area contributed by atoms with Gasteiger partial charge in [-0.2, -0.15) is 0 Å². The zero-order valence-electron chi connectivity index (χ0n) is 9.14. The van der Waals surface area contributed by atoms with Crippen molar-refractivity contribution in [2.24, 2.45) is 0 Å². The maximum absolute atomic E-state index is 12.9. The highest BCUT2D eigenvalue weighted by Gasteiger charge is 2.08. The maximum atomic E-state index is 12.9. The van der Waals surface area contributed by atoms with Gasteiger partial charge in [-0.3, -0.25) is 0 Å².